The SMILES string of the molecule is CC[C@H](C)NC(=O)COc1ccc2c(c1)c1ccnc3c4ccccc4c(=O)n2c13. The topological polar surface area (TPSA) is 72.7 Å². The average molecular weight is 399 g/mol. The number of nitrogens with zero attached hydrogens (tertiary/aromatic N) is 2. The molecule has 0 bridgehead atoms. The van der Waals surface area contributed by atoms with Crippen molar-refractivity contribution in [2.75, 3.05) is 6.61 Å². The highest BCUT2D eigenvalue weighted by atomic mass is 16.5. The molecule has 0 aliphatic rings. The Bertz CT molecular complexity index is 1470. The van der Waals surface area contributed by atoms with Crippen molar-refractivity contribution in [2.45, 2.75) is 26.3 Å². The van der Waals surface area contributed by atoms with Crippen LogP contribution in [-0.4, -0.2) is 27.9 Å². The van der Waals surface area contributed by atoms with E-state index in [1.165, 1.54) is 0 Å². The number of nitrogens with one attached hydrogen (secondary N) is 1. The molecule has 1 N–H and O–H groups in total. The van der Waals surface area contributed by atoms with Crippen molar-refractivity contribution in [1.82, 2.24) is 14.7 Å². The highest BCUT2D eigenvalue weighted by molar-refractivity contribution is 6.18. The molecule has 0 aliphatic carbocycles. The molecule has 0 fully saturated rings. The number of benzene rings is 2. The zero-order chi connectivity index (χ0) is 20.8. The van der Waals surface area contributed by atoms with Crippen LogP contribution in [0.1, 0.15) is 20.3 Å². The Morgan fingerprint density at radius 3 is 2.70 bits per heavy atom. The molecule has 3 heterocycles. The molecule has 0 saturated heterocycles. The molecular formula is C24H21N3O3. The number of hydrogen-bond acceptors (Lipinski definition) is 4. The first-order valence-electron chi connectivity index (χ1n) is 10.1. The van der Waals surface area contributed by atoms with Crippen molar-refractivity contribution < 1.29 is 9.53 Å². The smallest absolute Gasteiger partial charge is 0.263 e. The highest BCUT2D eigenvalue weighted by Gasteiger charge is 2.18. The van der Waals surface area contributed by atoms with Crippen molar-refractivity contribution in [1.29, 1.82) is 0 Å². The first kappa shape index (κ1) is 18.4. The first-order chi connectivity index (χ1) is 14.6. The van der Waals surface area contributed by atoms with Crippen molar-refractivity contribution in [3.05, 3.63) is 65.1 Å². The van der Waals surface area contributed by atoms with Crippen molar-refractivity contribution in [3.8, 4) is 5.75 Å². The molecule has 6 nitrogen and oxygen atoms in total. The lowest BCUT2D eigenvalue weighted by Crippen LogP contribution is -2.35. The lowest BCUT2D eigenvalue weighted by atomic mass is 10.1. The zero-order valence-corrected chi connectivity index (χ0v) is 16.8. The summed E-state index contributed by atoms with van der Waals surface area (Å²) in [6.07, 6.45) is 2.63. The van der Waals surface area contributed by atoms with Gasteiger partial charge in [0.05, 0.1) is 16.6 Å². The van der Waals surface area contributed by atoms with Gasteiger partial charge in [-0.15, -0.1) is 0 Å². The maximum atomic E-state index is 13.3. The number of pyridine rings is 2. The van der Waals surface area contributed by atoms with Gasteiger partial charge in [0.1, 0.15) is 5.75 Å². The van der Waals surface area contributed by atoms with E-state index in [1.807, 2.05) is 56.3 Å². The van der Waals surface area contributed by atoms with Crippen LogP contribution in [0.4, 0.5) is 0 Å². The molecule has 0 aliphatic heterocycles. The van der Waals surface area contributed by atoms with Crippen molar-refractivity contribution in [2.24, 2.45) is 0 Å². The van der Waals surface area contributed by atoms with Gasteiger partial charge in [-0.3, -0.25) is 19.0 Å². The predicted octanol–water partition coefficient (Wildman–Crippen LogP) is 3.89. The number of hydrogen-bond donors (Lipinski definition) is 1. The Kier molecular flexibility index (Phi) is 4.28. The third-order valence-corrected chi connectivity index (χ3v) is 5.65. The van der Waals surface area contributed by atoms with Gasteiger partial charge in [-0.1, -0.05) is 25.1 Å². The number of carbonyl (C=O) groups excluding carboxylic acids is 1. The number of amides is 1. The second-order valence-corrected chi connectivity index (χ2v) is 7.59. The Morgan fingerprint density at radius 1 is 1.10 bits per heavy atom. The number of aromatic nitrogens is 2. The molecular weight excluding hydrogens is 378 g/mol. The minimum atomic E-state index is -0.151. The van der Waals surface area contributed by atoms with Gasteiger partial charge < -0.3 is 10.1 Å². The van der Waals surface area contributed by atoms with Crippen LogP contribution < -0.4 is 15.6 Å². The van der Waals surface area contributed by atoms with Gasteiger partial charge in [0, 0.05) is 33.8 Å². The van der Waals surface area contributed by atoms with Gasteiger partial charge in [0.15, 0.2) is 6.61 Å². The van der Waals surface area contributed by atoms with Crippen LogP contribution in [0.15, 0.2) is 59.5 Å². The van der Waals surface area contributed by atoms with E-state index < -0.39 is 0 Å². The van der Waals surface area contributed by atoms with E-state index in [1.54, 1.807) is 16.7 Å². The summed E-state index contributed by atoms with van der Waals surface area (Å²) < 4.78 is 7.46. The number of ether oxygens (including phenoxy) is 1. The molecule has 5 rings (SSSR count). The summed E-state index contributed by atoms with van der Waals surface area (Å²) in [4.78, 5) is 29.9. The monoisotopic (exact) mass is 399 g/mol. The maximum absolute atomic E-state index is 13.3. The third-order valence-electron chi connectivity index (χ3n) is 5.65. The lowest BCUT2D eigenvalue weighted by Gasteiger charge is -2.12. The van der Waals surface area contributed by atoms with Crippen LogP contribution in [0.25, 0.3) is 38.1 Å². The summed E-state index contributed by atoms with van der Waals surface area (Å²) in [7, 11) is 0. The van der Waals surface area contributed by atoms with Gasteiger partial charge in [-0.05, 0) is 43.7 Å². The fourth-order valence-corrected chi connectivity index (χ4v) is 4.01. The molecule has 0 radical (unpaired) electrons. The summed E-state index contributed by atoms with van der Waals surface area (Å²) in [6, 6.07) is 15.1. The molecule has 6 heteroatoms. The predicted molar refractivity (Wildman–Crippen MR) is 119 cm³/mol. The summed E-state index contributed by atoms with van der Waals surface area (Å²) >= 11 is 0. The van der Waals surface area contributed by atoms with Gasteiger partial charge in [-0.25, -0.2) is 0 Å². The van der Waals surface area contributed by atoms with Crippen molar-refractivity contribution in [3.63, 3.8) is 0 Å². The number of carbonyl (C=O) groups is 1. The molecule has 30 heavy (non-hydrogen) atoms. The molecule has 5 aromatic rings. The molecule has 0 unspecified atom stereocenters. The Balaban J connectivity index is 1.65. The molecule has 1 atom stereocenters. The quantitative estimate of drug-likeness (QED) is 0.455. The van der Waals surface area contributed by atoms with E-state index in [-0.39, 0.29) is 24.1 Å². The van der Waals surface area contributed by atoms with E-state index in [0.29, 0.717) is 11.1 Å². The lowest BCUT2D eigenvalue weighted by molar-refractivity contribution is -0.123. The van der Waals surface area contributed by atoms with Crippen LogP contribution in [0, 0.1) is 0 Å². The zero-order valence-electron chi connectivity index (χ0n) is 16.8. The van der Waals surface area contributed by atoms with Crippen LogP contribution in [0.5, 0.6) is 5.75 Å². The molecule has 150 valence electrons. The molecule has 1 amide bonds. The van der Waals surface area contributed by atoms with E-state index >= 15 is 0 Å². The Morgan fingerprint density at radius 2 is 1.90 bits per heavy atom. The van der Waals surface area contributed by atoms with Crippen LogP contribution in [-0.2, 0) is 4.79 Å². The average Bonchev–Trinajstić information content (AvgIpc) is 3.11. The van der Waals surface area contributed by atoms with E-state index in [9.17, 15) is 9.59 Å². The minimum Gasteiger partial charge on any atom is -0.484 e. The molecule has 0 spiro atoms. The summed E-state index contributed by atoms with van der Waals surface area (Å²) in [5, 5.41) is 6.22. The van der Waals surface area contributed by atoms with Gasteiger partial charge in [-0.2, -0.15) is 0 Å². The Hall–Kier alpha value is -3.67. The van der Waals surface area contributed by atoms with Crippen LogP contribution >= 0.6 is 0 Å². The van der Waals surface area contributed by atoms with Crippen LogP contribution in [0.2, 0.25) is 0 Å². The maximum Gasteiger partial charge on any atom is 0.263 e. The summed E-state index contributed by atoms with van der Waals surface area (Å²) in [5.74, 6) is 0.435. The molecule has 3 aromatic heterocycles. The molecule has 0 saturated carbocycles. The van der Waals surface area contributed by atoms with Gasteiger partial charge in [0.2, 0.25) is 0 Å². The standard InChI is InChI=1S/C24H21N3O3/c1-3-14(2)26-21(28)13-30-15-8-9-20-19(12-15)17-10-11-25-22-16-6-4-5-7-18(16)24(29)27(20)23(17)22/h4-12,14H,3,13H2,1-2H3,(H,26,28)/t14-/m0/s1. The third kappa shape index (κ3) is 2.76. The second-order valence-electron chi connectivity index (χ2n) is 7.59. The largest absolute Gasteiger partial charge is 0.484 e. The van der Waals surface area contributed by atoms with Crippen molar-refractivity contribution >= 4 is 44.0 Å². The number of fused-ring (bicyclic) bond motifs is 5. The fraction of sp³-hybridized carbons (Fsp3) is 0.208. The van der Waals surface area contributed by atoms with E-state index in [2.05, 4.69) is 10.3 Å². The summed E-state index contributed by atoms with van der Waals surface area (Å²) in [6.45, 7) is 3.93. The Labute approximate surface area is 172 Å². The number of rotatable bonds is 5. The van der Waals surface area contributed by atoms with E-state index in [4.69, 9.17) is 4.74 Å². The van der Waals surface area contributed by atoms with Crippen LogP contribution in [0.3, 0.4) is 0 Å². The summed E-state index contributed by atoms with van der Waals surface area (Å²) in [5.41, 5.74) is 2.35. The molecule has 2 aromatic carbocycles. The second kappa shape index (κ2) is 6.99. The normalized spacial score (nSPS) is 12.7. The highest BCUT2D eigenvalue weighted by Crippen LogP contribution is 2.34. The van der Waals surface area contributed by atoms with Gasteiger partial charge >= 0.3 is 0 Å². The first-order valence-corrected chi connectivity index (χ1v) is 10.1. The fourth-order valence-electron chi connectivity index (χ4n) is 4.01. The minimum absolute atomic E-state index is 0.0499. The van der Waals surface area contributed by atoms with E-state index in [0.717, 1.165) is 39.1 Å². The van der Waals surface area contributed by atoms with Gasteiger partial charge in [0.25, 0.3) is 11.5 Å².